The lowest BCUT2D eigenvalue weighted by Crippen LogP contribution is -2.23. The van der Waals surface area contributed by atoms with E-state index in [-0.39, 0.29) is 11.2 Å². The normalized spacial score (nSPS) is 13.4. The van der Waals surface area contributed by atoms with Crippen LogP contribution in [0.3, 0.4) is 0 Å². The minimum atomic E-state index is -0.132. The third-order valence-corrected chi connectivity index (χ3v) is 4.90. The largest absolute Gasteiger partial charge is 0.325 e. The molecule has 0 bridgehead atoms. The van der Waals surface area contributed by atoms with E-state index >= 15 is 0 Å². The molecule has 2 aromatic rings. The Hall–Kier alpha value is -1.74. The summed E-state index contributed by atoms with van der Waals surface area (Å²) in [4.78, 5) is 13.6. The van der Waals surface area contributed by atoms with Crippen LogP contribution in [0.5, 0.6) is 0 Å². The highest BCUT2D eigenvalue weighted by Crippen LogP contribution is 2.28. The molecule has 1 amide bonds. The van der Waals surface area contributed by atoms with Gasteiger partial charge in [0.15, 0.2) is 0 Å². The summed E-state index contributed by atoms with van der Waals surface area (Å²) >= 11 is 1.58. The van der Waals surface area contributed by atoms with E-state index in [2.05, 4.69) is 25.2 Å². The molecule has 0 radical (unpaired) electrons. The van der Waals surface area contributed by atoms with Crippen LogP contribution in [0.15, 0.2) is 59.5 Å². The molecular weight excluding hydrogens is 290 g/mol. The number of amides is 1. The second kappa shape index (κ2) is 8.04. The highest BCUT2D eigenvalue weighted by molar-refractivity contribution is 8.00. The fourth-order valence-electron chi connectivity index (χ4n) is 2.25. The SMILES string of the molecule is CC[C@H](C)c1ccccc1NC(=O)[C@H](C)Sc1ccccc1. The molecule has 0 aliphatic rings. The van der Waals surface area contributed by atoms with Crippen LogP contribution in [-0.4, -0.2) is 11.2 Å². The molecule has 2 atom stereocenters. The number of anilines is 1. The van der Waals surface area contributed by atoms with Crippen LogP contribution in [-0.2, 0) is 4.79 Å². The number of thioether (sulfide) groups is 1. The predicted molar refractivity (Wildman–Crippen MR) is 95.5 cm³/mol. The number of para-hydroxylation sites is 1. The number of nitrogens with one attached hydrogen (secondary N) is 1. The molecule has 0 aliphatic heterocycles. The van der Waals surface area contributed by atoms with Crippen LogP contribution in [0.1, 0.15) is 38.7 Å². The average Bonchev–Trinajstić information content (AvgIpc) is 2.55. The molecule has 0 unspecified atom stereocenters. The summed E-state index contributed by atoms with van der Waals surface area (Å²) in [6.45, 7) is 6.29. The molecule has 0 aromatic heterocycles. The Kier molecular flexibility index (Phi) is 6.08. The smallest absolute Gasteiger partial charge is 0.237 e. The molecule has 2 rings (SSSR count). The van der Waals surface area contributed by atoms with Gasteiger partial charge in [0.25, 0.3) is 0 Å². The number of carbonyl (C=O) groups excluding carboxylic acids is 1. The number of carbonyl (C=O) groups is 1. The third kappa shape index (κ3) is 4.38. The maximum absolute atomic E-state index is 12.4. The Bertz CT molecular complexity index is 612. The first-order chi connectivity index (χ1) is 10.6. The van der Waals surface area contributed by atoms with Crippen molar-refractivity contribution in [3.05, 3.63) is 60.2 Å². The molecule has 1 N–H and O–H groups in total. The van der Waals surface area contributed by atoms with Crippen molar-refractivity contribution < 1.29 is 4.79 Å². The van der Waals surface area contributed by atoms with Crippen molar-refractivity contribution in [3.8, 4) is 0 Å². The van der Waals surface area contributed by atoms with Crippen molar-refractivity contribution in [2.24, 2.45) is 0 Å². The van der Waals surface area contributed by atoms with Crippen LogP contribution < -0.4 is 5.32 Å². The van der Waals surface area contributed by atoms with Gasteiger partial charge in [0, 0.05) is 10.6 Å². The van der Waals surface area contributed by atoms with Crippen molar-refractivity contribution in [1.29, 1.82) is 0 Å². The Morgan fingerprint density at radius 1 is 1.05 bits per heavy atom. The molecule has 0 heterocycles. The molecule has 116 valence electrons. The molecule has 0 spiro atoms. The van der Waals surface area contributed by atoms with E-state index in [1.807, 2.05) is 55.5 Å². The maximum atomic E-state index is 12.4. The van der Waals surface area contributed by atoms with E-state index in [1.54, 1.807) is 11.8 Å². The van der Waals surface area contributed by atoms with Gasteiger partial charge in [0.2, 0.25) is 5.91 Å². The van der Waals surface area contributed by atoms with Gasteiger partial charge in [0.05, 0.1) is 5.25 Å². The number of rotatable bonds is 6. The Morgan fingerprint density at radius 2 is 1.68 bits per heavy atom. The zero-order valence-corrected chi connectivity index (χ0v) is 14.2. The van der Waals surface area contributed by atoms with Crippen LogP contribution in [0.2, 0.25) is 0 Å². The Morgan fingerprint density at radius 3 is 2.36 bits per heavy atom. The predicted octanol–water partition coefficient (Wildman–Crippen LogP) is 5.32. The molecule has 0 aliphatic carbocycles. The molecule has 0 fully saturated rings. The monoisotopic (exact) mass is 313 g/mol. The van der Waals surface area contributed by atoms with Gasteiger partial charge in [-0.05, 0) is 43.0 Å². The van der Waals surface area contributed by atoms with E-state index in [0.717, 1.165) is 17.0 Å². The summed E-state index contributed by atoms with van der Waals surface area (Å²) < 4.78 is 0. The lowest BCUT2D eigenvalue weighted by atomic mass is 9.97. The Labute approximate surface area is 137 Å². The molecule has 22 heavy (non-hydrogen) atoms. The minimum absolute atomic E-state index is 0.0459. The first-order valence-electron chi connectivity index (χ1n) is 7.73. The van der Waals surface area contributed by atoms with Crippen molar-refractivity contribution in [2.45, 2.75) is 43.3 Å². The van der Waals surface area contributed by atoms with Gasteiger partial charge < -0.3 is 5.32 Å². The van der Waals surface area contributed by atoms with Gasteiger partial charge >= 0.3 is 0 Å². The fraction of sp³-hybridized carbons (Fsp3) is 0.316. The summed E-state index contributed by atoms with van der Waals surface area (Å²) in [5.74, 6) is 0.484. The van der Waals surface area contributed by atoms with Crippen molar-refractivity contribution in [1.82, 2.24) is 0 Å². The Balaban J connectivity index is 2.05. The zero-order chi connectivity index (χ0) is 15.9. The quantitative estimate of drug-likeness (QED) is 0.731. The molecule has 2 aromatic carbocycles. The topological polar surface area (TPSA) is 29.1 Å². The molecule has 0 saturated carbocycles. The van der Waals surface area contributed by atoms with E-state index in [1.165, 1.54) is 5.56 Å². The molecule has 2 nitrogen and oxygen atoms in total. The molecule has 0 saturated heterocycles. The second-order valence-electron chi connectivity index (χ2n) is 5.46. The summed E-state index contributed by atoms with van der Waals surface area (Å²) in [5, 5.41) is 2.95. The average molecular weight is 313 g/mol. The molecule has 3 heteroatoms. The van der Waals surface area contributed by atoms with Gasteiger partial charge in [-0.25, -0.2) is 0 Å². The van der Waals surface area contributed by atoms with Crippen molar-refractivity contribution >= 4 is 23.4 Å². The third-order valence-electron chi connectivity index (χ3n) is 3.79. The van der Waals surface area contributed by atoms with Crippen LogP contribution in [0.4, 0.5) is 5.69 Å². The van der Waals surface area contributed by atoms with E-state index < -0.39 is 0 Å². The van der Waals surface area contributed by atoms with Gasteiger partial charge in [0.1, 0.15) is 0 Å². The van der Waals surface area contributed by atoms with Gasteiger partial charge in [-0.15, -0.1) is 11.8 Å². The van der Waals surface area contributed by atoms with Crippen molar-refractivity contribution in [2.75, 3.05) is 5.32 Å². The highest BCUT2D eigenvalue weighted by atomic mass is 32.2. The second-order valence-corrected chi connectivity index (χ2v) is 6.87. The van der Waals surface area contributed by atoms with Gasteiger partial charge in [-0.2, -0.15) is 0 Å². The standard InChI is InChI=1S/C19H23NOS/c1-4-14(2)17-12-8-9-13-18(17)20-19(21)15(3)22-16-10-6-5-7-11-16/h5-15H,4H2,1-3H3,(H,20,21)/t14-,15-/m0/s1. The molecular formula is C19H23NOS. The van der Waals surface area contributed by atoms with Crippen molar-refractivity contribution in [3.63, 3.8) is 0 Å². The van der Waals surface area contributed by atoms with E-state index in [9.17, 15) is 4.79 Å². The summed E-state index contributed by atoms with van der Waals surface area (Å²) in [6, 6.07) is 18.1. The number of benzene rings is 2. The van der Waals surface area contributed by atoms with E-state index in [0.29, 0.717) is 5.92 Å². The van der Waals surface area contributed by atoms with E-state index in [4.69, 9.17) is 0 Å². The maximum Gasteiger partial charge on any atom is 0.237 e. The summed E-state index contributed by atoms with van der Waals surface area (Å²) in [6.07, 6.45) is 1.06. The fourth-order valence-corrected chi connectivity index (χ4v) is 3.14. The van der Waals surface area contributed by atoms with Crippen LogP contribution in [0, 0.1) is 0 Å². The minimum Gasteiger partial charge on any atom is -0.325 e. The summed E-state index contributed by atoms with van der Waals surface area (Å²) in [5.41, 5.74) is 2.14. The summed E-state index contributed by atoms with van der Waals surface area (Å²) in [7, 11) is 0. The highest BCUT2D eigenvalue weighted by Gasteiger charge is 2.17. The zero-order valence-electron chi connectivity index (χ0n) is 13.4. The van der Waals surface area contributed by atoms with Crippen LogP contribution >= 0.6 is 11.8 Å². The first-order valence-corrected chi connectivity index (χ1v) is 8.61. The van der Waals surface area contributed by atoms with Crippen LogP contribution in [0.25, 0.3) is 0 Å². The number of hydrogen-bond donors (Lipinski definition) is 1. The lowest BCUT2D eigenvalue weighted by molar-refractivity contribution is -0.115. The number of hydrogen-bond acceptors (Lipinski definition) is 2. The van der Waals surface area contributed by atoms with Gasteiger partial charge in [-0.3, -0.25) is 4.79 Å². The first kappa shape index (κ1) is 16.6. The van der Waals surface area contributed by atoms with Gasteiger partial charge in [-0.1, -0.05) is 50.2 Å². The lowest BCUT2D eigenvalue weighted by Gasteiger charge is -2.17.